The molecule has 0 saturated heterocycles. The molecule has 0 radical (unpaired) electrons. The molecule has 0 unspecified atom stereocenters. The predicted octanol–water partition coefficient (Wildman–Crippen LogP) is 12.7. The molecule has 0 bridgehead atoms. The lowest BCUT2D eigenvalue weighted by atomic mass is 9.82. The van der Waals surface area contributed by atoms with Gasteiger partial charge in [0.05, 0.1) is 38.8 Å². The minimum Gasteiger partial charge on any atom is -0.310 e. The van der Waals surface area contributed by atoms with Gasteiger partial charge in [0.2, 0.25) is 0 Å². The monoisotopic (exact) mass is 815 g/mol. The van der Waals surface area contributed by atoms with Gasteiger partial charge >= 0.3 is 15.2 Å². The standard InChI is InChI=1S/C29H23NO2.C15H28O6P2S/c1-29(2)27-6-4-3-5-25(27)26-16-15-24(17-28(26)29)30(22-11-7-20(18-31)8-12-22)23-13-9-21(19-32)10-14-23;1-6-18-22(16,19-7-2)11-14-10-13(5)15(24-14)12-23(17,20-8-3)21-9-4/h3-19H,1-2H3;10H,6-9,11-12H2,1-5H3. The summed E-state index contributed by atoms with van der Waals surface area (Å²) in [5.41, 5.74) is 10.3. The van der Waals surface area contributed by atoms with E-state index in [1.165, 1.54) is 33.6 Å². The Bertz CT molecular complexity index is 2140. The first-order chi connectivity index (χ1) is 26.8. The van der Waals surface area contributed by atoms with E-state index in [4.69, 9.17) is 18.1 Å². The van der Waals surface area contributed by atoms with Gasteiger partial charge in [-0.3, -0.25) is 18.7 Å². The highest BCUT2D eigenvalue weighted by Crippen LogP contribution is 2.56. The Morgan fingerprint density at radius 3 is 1.57 bits per heavy atom. The smallest absolute Gasteiger partial charge is 0.310 e. The van der Waals surface area contributed by atoms with Crippen molar-refractivity contribution in [3.05, 3.63) is 135 Å². The molecule has 6 rings (SSSR count). The lowest BCUT2D eigenvalue weighted by molar-refractivity contribution is 0.111. The van der Waals surface area contributed by atoms with Crippen molar-refractivity contribution in [1.82, 2.24) is 0 Å². The van der Waals surface area contributed by atoms with Crippen LogP contribution in [0.25, 0.3) is 11.1 Å². The Morgan fingerprint density at radius 1 is 0.607 bits per heavy atom. The number of rotatable bonds is 17. The normalized spacial score (nSPS) is 13.0. The van der Waals surface area contributed by atoms with E-state index in [2.05, 4.69) is 61.2 Å². The maximum absolute atomic E-state index is 12.7. The summed E-state index contributed by atoms with van der Waals surface area (Å²) in [6, 6.07) is 32.2. The molecule has 296 valence electrons. The number of hydrogen-bond donors (Lipinski definition) is 0. The topological polar surface area (TPSA) is 108 Å². The van der Waals surface area contributed by atoms with Crippen LogP contribution in [-0.2, 0) is 45.0 Å². The van der Waals surface area contributed by atoms with Crippen molar-refractivity contribution in [2.45, 2.75) is 66.2 Å². The fourth-order valence-corrected chi connectivity index (χ4v) is 12.3. The Balaban J connectivity index is 0.000000225. The lowest BCUT2D eigenvalue weighted by Crippen LogP contribution is -2.16. The molecular weight excluding hydrogens is 764 g/mol. The van der Waals surface area contributed by atoms with Gasteiger partial charge in [0.15, 0.2) is 0 Å². The Kier molecular flexibility index (Phi) is 14.6. The molecule has 0 N–H and O–H groups in total. The first-order valence-electron chi connectivity index (χ1n) is 18.8. The summed E-state index contributed by atoms with van der Waals surface area (Å²) in [4.78, 5) is 26.3. The molecule has 0 fully saturated rings. The van der Waals surface area contributed by atoms with Gasteiger partial charge in [-0.1, -0.05) is 44.2 Å². The molecule has 0 aliphatic heterocycles. The number of nitrogens with zero attached hydrogens (tertiary/aromatic N) is 1. The van der Waals surface area contributed by atoms with E-state index >= 15 is 0 Å². The SMILES string of the molecule is CC1(C)c2ccccc2-c2ccc(N(c3ccc(C=O)cc3)c3ccc(C=O)cc3)cc21.CCOP(=O)(Cc1cc(C)c(CP(=O)(OCC)OCC)s1)OCC. The number of carbonyl (C=O) groups is 2. The third-order valence-electron chi connectivity index (χ3n) is 9.46. The molecule has 0 spiro atoms. The van der Waals surface area contributed by atoms with Crippen molar-refractivity contribution >= 4 is 56.2 Å². The zero-order valence-corrected chi connectivity index (χ0v) is 35.8. The van der Waals surface area contributed by atoms with Gasteiger partial charge in [-0.05, 0) is 129 Å². The van der Waals surface area contributed by atoms with Crippen LogP contribution in [0.5, 0.6) is 0 Å². The molecule has 1 heterocycles. The number of fused-ring (bicyclic) bond motifs is 3. The summed E-state index contributed by atoms with van der Waals surface area (Å²) in [6.45, 7) is 15.0. The van der Waals surface area contributed by atoms with E-state index in [9.17, 15) is 18.7 Å². The van der Waals surface area contributed by atoms with Crippen molar-refractivity contribution in [2.24, 2.45) is 0 Å². The second kappa shape index (κ2) is 19.0. The van der Waals surface area contributed by atoms with E-state index in [0.29, 0.717) is 37.6 Å². The second-order valence-corrected chi connectivity index (χ2v) is 19.0. The van der Waals surface area contributed by atoms with Crippen molar-refractivity contribution in [3.8, 4) is 11.1 Å². The van der Waals surface area contributed by atoms with E-state index < -0.39 is 15.2 Å². The highest BCUT2D eigenvalue weighted by Gasteiger charge is 2.36. The number of carbonyl (C=O) groups excluding carboxylic acids is 2. The summed E-state index contributed by atoms with van der Waals surface area (Å²) >= 11 is 1.45. The van der Waals surface area contributed by atoms with Gasteiger partial charge in [0, 0.05) is 43.4 Å². The molecule has 1 aromatic heterocycles. The number of thiophene rings is 1. The van der Waals surface area contributed by atoms with Gasteiger partial charge in [0.25, 0.3) is 0 Å². The van der Waals surface area contributed by atoms with Crippen LogP contribution < -0.4 is 4.90 Å². The summed E-state index contributed by atoms with van der Waals surface area (Å²) in [5.74, 6) is 0. The average molecular weight is 816 g/mol. The molecule has 12 heteroatoms. The van der Waals surface area contributed by atoms with E-state index in [0.717, 1.165) is 45.0 Å². The Hall–Kier alpha value is -3.98. The van der Waals surface area contributed by atoms with E-state index in [1.807, 2.05) is 61.5 Å². The number of aryl methyl sites for hydroxylation is 1. The molecule has 1 aliphatic rings. The summed E-state index contributed by atoms with van der Waals surface area (Å²) in [7, 11) is -6.30. The van der Waals surface area contributed by atoms with Crippen LogP contribution in [0.3, 0.4) is 0 Å². The Morgan fingerprint density at radius 2 is 1.07 bits per heavy atom. The van der Waals surface area contributed by atoms with Crippen LogP contribution in [0.1, 0.15) is 88.7 Å². The predicted molar refractivity (Wildman–Crippen MR) is 228 cm³/mol. The fourth-order valence-electron chi connectivity index (χ4n) is 6.92. The van der Waals surface area contributed by atoms with Crippen molar-refractivity contribution in [1.29, 1.82) is 0 Å². The summed E-state index contributed by atoms with van der Waals surface area (Å²) in [5, 5.41) is 0. The Labute approximate surface area is 335 Å². The minimum absolute atomic E-state index is 0.101. The van der Waals surface area contributed by atoms with Gasteiger partial charge in [-0.25, -0.2) is 0 Å². The van der Waals surface area contributed by atoms with Crippen molar-refractivity contribution < 1.29 is 36.8 Å². The maximum atomic E-state index is 12.7. The third-order valence-corrected chi connectivity index (χ3v) is 15.2. The molecule has 0 saturated carbocycles. The molecule has 0 atom stereocenters. The second-order valence-electron chi connectivity index (χ2n) is 13.7. The van der Waals surface area contributed by atoms with Crippen LogP contribution in [0.4, 0.5) is 17.1 Å². The molecular formula is C44H51NO8P2S. The highest BCUT2D eigenvalue weighted by atomic mass is 32.1. The number of hydrogen-bond acceptors (Lipinski definition) is 10. The van der Waals surface area contributed by atoms with Crippen molar-refractivity contribution in [3.63, 3.8) is 0 Å². The van der Waals surface area contributed by atoms with Gasteiger partial charge in [-0.15, -0.1) is 11.3 Å². The number of anilines is 3. The van der Waals surface area contributed by atoms with E-state index in [-0.39, 0.29) is 17.7 Å². The van der Waals surface area contributed by atoms with E-state index in [1.54, 1.807) is 27.7 Å². The first kappa shape index (κ1) is 43.1. The zero-order valence-electron chi connectivity index (χ0n) is 33.2. The molecule has 4 aromatic carbocycles. The largest absolute Gasteiger partial charge is 0.335 e. The summed E-state index contributed by atoms with van der Waals surface area (Å²) < 4.78 is 46.7. The van der Waals surface area contributed by atoms with Gasteiger partial charge in [0.1, 0.15) is 12.6 Å². The molecule has 1 aliphatic carbocycles. The van der Waals surface area contributed by atoms with Crippen molar-refractivity contribution in [2.75, 3.05) is 31.3 Å². The zero-order chi connectivity index (χ0) is 40.5. The average Bonchev–Trinajstić information content (AvgIpc) is 3.63. The van der Waals surface area contributed by atoms with Crippen LogP contribution in [0.15, 0.2) is 97.1 Å². The summed E-state index contributed by atoms with van der Waals surface area (Å²) in [6.07, 6.45) is 2.14. The maximum Gasteiger partial charge on any atom is 0.335 e. The fraction of sp³-hybridized carbons (Fsp3) is 0.318. The number of benzene rings is 4. The van der Waals surface area contributed by atoms with Gasteiger partial charge < -0.3 is 23.0 Å². The van der Waals surface area contributed by atoms with Gasteiger partial charge in [-0.2, -0.15) is 0 Å². The highest BCUT2D eigenvalue weighted by molar-refractivity contribution is 7.54. The first-order valence-corrected chi connectivity index (χ1v) is 23.1. The molecule has 0 amide bonds. The minimum atomic E-state index is -3.15. The number of aldehydes is 2. The lowest BCUT2D eigenvalue weighted by Gasteiger charge is -2.28. The molecule has 9 nitrogen and oxygen atoms in total. The quantitative estimate of drug-likeness (QED) is 0.0669. The van der Waals surface area contributed by atoms with Crippen LogP contribution in [0, 0.1) is 6.92 Å². The van der Waals surface area contributed by atoms with Crippen LogP contribution in [0.2, 0.25) is 0 Å². The molecule has 56 heavy (non-hydrogen) atoms. The molecule has 5 aromatic rings. The van der Waals surface area contributed by atoms with Crippen LogP contribution in [-0.4, -0.2) is 39.0 Å². The van der Waals surface area contributed by atoms with Crippen LogP contribution >= 0.6 is 26.5 Å². The third kappa shape index (κ3) is 9.93.